The van der Waals surface area contributed by atoms with E-state index in [1.54, 1.807) is 7.11 Å². The van der Waals surface area contributed by atoms with Crippen molar-refractivity contribution in [1.29, 1.82) is 0 Å². The van der Waals surface area contributed by atoms with Crippen molar-refractivity contribution < 1.29 is 23.6 Å². The van der Waals surface area contributed by atoms with E-state index in [9.17, 15) is 4.57 Å². The van der Waals surface area contributed by atoms with Gasteiger partial charge in [0.05, 0.1) is 6.61 Å². The lowest BCUT2D eigenvalue weighted by Crippen LogP contribution is -1.94. The molecular formula is C18H39O5PS. The van der Waals surface area contributed by atoms with E-state index in [1.807, 2.05) is 11.8 Å². The molecule has 0 aliphatic heterocycles. The Morgan fingerprint density at radius 1 is 0.680 bits per heavy atom. The minimum absolute atomic E-state index is 0.143. The summed E-state index contributed by atoms with van der Waals surface area (Å²) in [6.07, 6.45) is 16.7. The number of ether oxygens (including phenoxy) is 1. The van der Waals surface area contributed by atoms with Crippen LogP contribution in [0.2, 0.25) is 0 Å². The number of rotatable bonds is 20. The number of unbranched alkanes of at least 4 members (excludes halogenated alkanes) is 11. The van der Waals surface area contributed by atoms with E-state index >= 15 is 0 Å². The zero-order valence-corrected chi connectivity index (χ0v) is 17.7. The van der Waals surface area contributed by atoms with Gasteiger partial charge in [0.1, 0.15) is 0 Å². The van der Waals surface area contributed by atoms with Gasteiger partial charge in [0.15, 0.2) is 0 Å². The van der Waals surface area contributed by atoms with Gasteiger partial charge in [0.25, 0.3) is 0 Å². The molecule has 0 aromatic carbocycles. The predicted octanol–water partition coefficient (Wildman–Crippen LogP) is 5.55. The summed E-state index contributed by atoms with van der Waals surface area (Å²) in [5.41, 5.74) is 0. The lowest BCUT2D eigenvalue weighted by Gasteiger charge is -2.05. The molecule has 0 heterocycles. The van der Waals surface area contributed by atoms with Crippen LogP contribution in [0.4, 0.5) is 0 Å². The van der Waals surface area contributed by atoms with E-state index in [2.05, 4.69) is 4.52 Å². The Balaban J connectivity index is 3.02. The molecule has 0 saturated carbocycles. The average molecular weight is 399 g/mol. The zero-order chi connectivity index (χ0) is 18.6. The van der Waals surface area contributed by atoms with Gasteiger partial charge in [-0.15, -0.1) is 0 Å². The van der Waals surface area contributed by atoms with Crippen LogP contribution in [-0.2, 0) is 13.8 Å². The lowest BCUT2D eigenvalue weighted by molar-refractivity contribution is 0.192. The maximum Gasteiger partial charge on any atom is 0.469 e. The van der Waals surface area contributed by atoms with Crippen molar-refractivity contribution in [3.05, 3.63) is 0 Å². The van der Waals surface area contributed by atoms with Crippen LogP contribution in [0.1, 0.15) is 83.5 Å². The molecule has 0 unspecified atom stereocenters. The third-order valence-corrected chi connectivity index (χ3v) is 5.75. The number of phosphoric ester groups is 1. The number of methoxy groups -OCH3 is 1. The average Bonchev–Trinajstić information content (AvgIpc) is 2.56. The van der Waals surface area contributed by atoms with Crippen molar-refractivity contribution in [1.82, 2.24) is 0 Å². The summed E-state index contributed by atoms with van der Waals surface area (Å²) >= 11 is 1.85. The number of hydrogen-bond donors (Lipinski definition) is 2. The van der Waals surface area contributed by atoms with Gasteiger partial charge >= 0.3 is 7.82 Å². The van der Waals surface area contributed by atoms with Crippen molar-refractivity contribution >= 4 is 19.6 Å². The van der Waals surface area contributed by atoms with Crippen molar-refractivity contribution in [2.75, 3.05) is 31.8 Å². The standard InChI is InChI=1S/C18H39O5PS/c1-22-15-12-10-8-6-4-2-3-5-7-9-11-13-17-25-18-14-16-23-24(19,20)21/h2-18H2,1H3,(H2,19,20,21). The molecule has 0 rings (SSSR count). The molecular weight excluding hydrogens is 359 g/mol. The molecule has 2 N–H and O–H groups in total. The molecule has 25 heavy (non-hydrogen) atoms. The normalized spacial score (nSPS) is 12.0. The summed E-state index contributed by atoms with van der Waals surface area (Å²) in [7, 11) is -2.50. The van der Waals surface area contributed by atoms with Crippen LogP contribution in [0.25, 0.3) is 0 Å². The van der Waals surface area contributed by atoms with E-state index in [-0.39, 0.29) is 6.61 Å². The molecule has 0 aliphatic rings. The first-order valence-electron chi connectivity index (χ1n) is 9.83. The van der Waals surface area contributed by atoms with Gasteiger partial charge in [-0.1, -0.05) is 64.2 Å². The second-order valence-corrected chi connectivity index (χ2v) is 8.99. The fourth-order valence-corrected chi connectivity index (χ4v) is 3.97. The predicted molar refractivity (Wildman–Crippen MR) is 107 cm³/mol. The fraction of sp³-hybridized carbons (Fsp3) is 1.00. The van der Waals surface area contributed by atoms with Crippen molar-refractivity contribution in [2.45, 2.75) is 83.5 Å². The van der Waals surface area contributed by atoms with E-state index in [0.29, 0.717) is 6.42 Å². The molecule has 0 aliphatic carbocycles. The Hall–Kier alpha value is 0.420. The van der Waals surface area contributed by atoms with Gasteiger partial charge in [-0.05, 0) is 30.8 Å². The Bertz CT molecular complexity index is 312. The summed E-state index contributed by atoms with van der Waals surface area (Å²) in [5.74, 6) is 2.05. The molecule has 0 aromatic heterocycles. The minimum atomic E-state index is -4.27. The molecule has 5 nitrogen and oxygen atoms in total. The van der Waals surface area contributed by atoms with Gasteiger partial charge < -0.3 is 14.5 Å². The fourth-order valence-electron chi connectivity index (χ4n) is 2.66. The minimum Gasteiger partial charge on any atom is -0.385 e. The third kappa shape index (κ3) is 24.4. The van der Waals surface area contributed by atoms with Gasteiger partial charge in [-0.3, -0.25) is 4.52 Å². The first-order chi connectivity index (χ1) is 12.1. The monoisotopic (exact) mass is 398 g/mol. The Labute approximate surface area is 158 Å². The largest absolute Gasteiger partial charge is 0.469 e. The topological polar surface area (TPSA) is 76.0 Å². The highest BCUT2D eigenvalue weighted by molar-refractivity contribution is 7.99. The molecule has 0 fully saturated rings. The Morgan fingerprint density at radius 3 is 1.60 bits per heavy atom. The van der Waals surface area contributed by atoms with Crippen LogP contribution in [0.5, 0.6) is 0 Å². The smallest absolute Gasteiger partial charge is 0.385 e. The van der Waals surface area contributed by atoms with Gasteiger partial charge in [-0.2, -0.15) is 11.8 Å². The van der Waals surface area contributed by atoms with Gasteiger partial charge in [-0.25, -0.2) is 4.57 Å². The SMILES string of the molecule is COCCCCCCCCCCCCCCSCCCOP(=O)(O)O. The van der Waals surface area contributed by atoms with E-state index in [1.165, 1.54) is 77.0 Å². The van der Waals surface area contributed by atoms with Crippen molar-refractivity contribution in [3.8, 4) is 0 Å². The quantitative estimate of drug-likeness (QED) is 0.207. The van der Waals surface area contributed by atoms with Gasteiger partial charge in [0.2, 0.25) is 0 Å². The zero-order valence-electron chi connectivity index (χ0n) is 16.0. The summed E-state index contributed by atoms with van der Waals surface area (Å²) in [6.45, 7) is 1.05. The summed E-state index contributed by atoms with van der Waals surface area (Å²) in [4.78, 5) is 17.1. The second kappa shape index (κ2) is 19.2. The van der Waals surface area contributed by atoms with Crippen molar-refractivity contribution in [3.63, 3.8) is 0 Å². The van der Waals surface area contributed by atoms with Crippen LogP contribution in [-0.4, -0.2) is 41.6 Å². The molecule has 0 spiro atoms. The van der Waals surface area contributed by atoms with E-state index < -0.39 is 7.82 Å². The molecule has 0 radical (unpaired) electrons. The molecule has 0 aromatic rings. The van der Waals surface area contributed by atoms with Crippen LogP contribution >= 0.6 is 19.6 Å². The van der Waals surface area contributed by atoms with Crippen LogP contribution in [0.15, 0.2) is 0 Å². The molecule has 0 saturated heterocycles. The summed E-state index contributed by atoms with van der Waals surface area (Å²) in [6, 6.07) is 0. The van der Waals surface area contributed by atoms with E-state index in [4.69, 9.17) is 14.5 Å². The maximum atomic E-state index is 10.5. The first-order valence-corrected chi connectivity index (χ1v) is 12.5. The van der Waals surface area contributed by atoms with Gasteiger partial charge in [0, 0.05) is 13.7 Å². The highest BCUT2D eigenvalue weighted by atomic mass is 32.2. The third-order valence-electron chi connectivity index (χ3n) is 4.08. The second-order valence-electron chi connectivity index (χ2n) is 6.53. The van der Waals surface area contributed by atoms with Crippen LogP contribution in [0.3, 0.4) is 0 Å². The van der Waals surface area contributed by atoms with E-state index in [0.717, 1.165) is 18.1 Å². The number of phosphoric acid groups is 1. The molecule has 7 heteroatoms. The number of thioether (sulfide) groups is 1. The van der Waals surface area contributed by atoms with Crippen LogP contribution in [0, 0.1) is 0 Å². The Kier molecular flexibility index (Phi) is 19.5. The maximum absolute atomic E-state index is 10.5. The number of hydrogen-bond acceptors (Lipinski definition) is 4. The summed E-state index contributed by atoms with van der Waals surface area (Å²) < 4.78 is 19.9. The first kappa shape index (κ1) is 25.4. The highest BCUT2D eigenvalue weighted by Gasteiger charge is 2.12. The Morgan fingerprint density at radius 2 is 1.12 bits per heavy atom. The van der Waals surface area contributed by atoms with Crippen LogP contribution < -0.4 is 0 Å². The molecule has 0 atom stereocenters. The molecule has 152 valence electrons. The molecule has 0 amide bonds. The summed E-state index contributed by atoms with van der Waals surface area (Å²) in [5, 5.41) is 0. The molecule has 0 bridgehead atoms. The van der Waals surface area contributed by atoms with Crippen molar-refractivity contribution in [2.24, 2.45) is 0 Å². The lowest BCUT2D eigenvalue weighted by atomic mass is 10.1. The highest BCUT2D eigenvalue weighted by Crippen LogP contribution is 2.35.